The van der Waals surface area contributed by atoms with Crippen molar-refractivity contribution in [1.29, 1.82) is 0 Å². The van der Waals surface area contributed by atoms with Gasteiger partial charge in [-0.25, -0.2) is 0 Å². The van der Waals surface area contributed by atoms with E-state index in [1.165, 1.54) is 38.9 Å². The van der Waals surface area contributed by atoms with E-state index in [1.807, 2.05) is 0 Å². The van der Waals surface area contributed by atoms with E-state index in [9.17, 15) is 0 Å². The van der Waals surface area contributed by atoms with E-state index in [4.69, 9.17) is 0 Å². The normalized spacial score (nSPS) is 13.0. The lowest BCUT2D eigenvalue weighted by Crippen LogP contribution is -2.03. The third-order valence-electron chi connectivity index (χ3n) is 4.89. The van der Waals surface area contributed by atoms with Crippen LogP contribution in [0.25, 0.3) is 11.1 Å². The van der Waals surface area contributed by atoms with E-state index < -0.39 is 0 Å². The summed E-state index contributed by atoms with van der Waals surface area (Å²) in [4.78, 5) is 0. The van der Waals surface area contributed by atoms with Crippen LogP contribution in [0.1, 0.15) is 33.7 Å². The average molecular weight is 284 g/mol. The van der Waals surface area contributed by atoms with Crippen molar-refractivity contribution in [2.24, 2.45) is 0 Å². The topological polar surface area (TPSA) is 0 Å². The maximum absolute atomic E-state index is 2.35. The van der Waals surface area contributed by atoms with Gasteiger partial charge in [0.2, 0.25) is 0 Å². The molecule has 0 N–H and O–H groups in total. The van der Waals surface area contributed by atoms with Crippen LogP contribution in [0.5, 0.6) is 0 Å². The van der Waals surface area contributed by atoms with Crippen LogP contribution in [0.15, 0.2) is 66.7 Å². The van der Waals surface area contributed by atoms with Gasteiger partial charge in [-0.2, -0.15) is 0 Å². The molecule has 0 atom stereocenters. The first-order valence-corrected chi connectivity index (χ1v) is 7.98. The summed E-state index contributed by atoms with van der Waals surface area (Å²) < 4.78 is 0. The van der Waals surface area contributed by atoms with Crippen molar-refractivity contribution >= 4 is 0 Å². The van der Waals surface area contributed by atoms with Crippen LogP contribution in [0.2, 0.25) is 0 Å². The molecule has 3 aromatic carbocycles. The zero-order valence-electron chi connectivity index (χ0n) is 13.1. The molecule has 0 unspecified atom stereocenters. The molecule has 0 amide bonds. The van der Waals surface area contributed by atoms with Crippen molar-refractivity contribution in [3.8, 4) is 11.1 Å². The molecule has 4 rings (SSSR count). The largest absolute Gasteiger partial charge is 0.0619 e. The van der Waals surface area contributed by atoms with Gasteiger partial charge in [-0.1, -0.05) is 72.3 Å². The van der Waals surface area contributed by atoms with Crippen molar-refractivity contribution in [3.05, 3.63) is 94.5 Å². The molecular weight excluding hydrogens is 264 g/mol. The Morgan fingerprint density at radius 2 is 1.32 bits per heavy atom. The number of aryl methyl sites for hydroxylation is 2. The van der Waals surface area contributed by atoms with Gasteiger partial charge in [0.1, 0.15) is 0 Å². The molecule has 0 bridgehead atoms. The van der Waals surface area contributed by atoms with Crippen LogP contribution in [0, 0.1) is 13.8 Å². The molecule has 108 valence electrons. The second kappa shape index (κ2) is 5.14. The zero-order chi connectivity index (χ0) is 15.1. The van der Waals surface area contributed by atoms with Gasteiger partial charge in [-0.05, 0) is 53.6 Å². The van der Waals surface area contributed by atoms with Crippen LogP contribution >= 0.6 is 0 Å². The molecule has 0 nitrogen and oxygen atoms in total. The quantitative estimate of drug-likeness (QED) is 0.569. The first-order chi connectivity index (χ1) is 10.7. The molecule has 3 aromatic rings. The standard InChI is InChI=1S/C22H20/c1-15-11-12-16(2)17(13-15)14-22-20-9-5-3-7-18(20)19-8-4-6-10-21(19)22/h3-13,22H,14H2,1-2H3. The molecule has 0 saturated heterocycles. The molecule has 0 radical (unpaired) electrons. The Balaban J connectivity index is 1.83. The molecule has 1 aliphatic carbocycles. The number of benzene rings is 3. The Kier molecular flexibility index (Phi) is 3.11. The first kappa shape index (κ1) is 13.3. The SMILES string of the molecule is Cc1ccc(C)c(CC2c3ccccc3-c3ccccc32)c1. The van der Waals surface area contributed by atoms with Crippen molar-refractivity contribution in [2.75, 3.05) is 0 Å². The summed E-state index contributed by atoms with van der Waals surface area (Å²) >= 11 is 0. The maximum atomic E-state index is 2.35. The average Bonchev–Trinajstić information content (AvgIpc) is 2.86. The molecule has 22 heavy (non-hydrogen) atoms. The lowest BCUT2D eigenvalue weighted by molar-refractivity contribution is 0.821. The third-order valence-corrected chi connectivity index (χ3v) is 4.89. The summed E-state index contributed by atoms with van der Waals surface area (Å²) in [5, 5.41) is 0. The Morgan fingerprint density at radius 1 is 0.727 bits per heavy atom. The minimum atomic E-state index is 0.480. The smallest absolute Gasteiger partial charge is 0.0142 e. The highest BCUT2D eigenvalue weighted by atomic mass is 14.3. The second-order valence-electron chi connectivity index (χ2n) is 6.36. The maximum Gasteiger partial charge on any atom is 0.0142 e. The highest BCUT2D eigenvalue weighted by Crippen LogP contribution is 2.46. The van der Waals surface area contributed by atoms with Crippen LogP contribution in [0.4, 0.5) is 0 Å². The van der Waals surface area contributed by atoms with Crippen molar-refractivity contribution in [1.82, 2.24) is 0 Å². The highest BCUT2D eigenvalue weighted by molar-refractivity contribution is 5.78. The fourth-order valence-corrected chi connectivity index (χ4v) is 3.72. The lowest BCUT2D eigenvalue weighted by atomic mass is 9.88. The zero-order valence-corrected chi connectivity index (χ0v) is 13.1. The van der Waals surface area contributed by atoms with Gasteiger partial charge in [0, 0.05) is 5.92 Å². The molecule has 0 saturated carbocycles. The minimum Gasteiger partial charge on any atom is -0.0619 e. The van der Waals surface area contributed by atoms with E-state index in [1.54, 1.807) is 0 Å². The Hall–Kier alpha value is -2.34. The fraction of sp³-hybridized carbons (Fsp3) is 0.182. The summed E-state index contributed by atoms with van der Waals surface area (Å²) in [5.41, 5.74) is 9.99. The highest BCUT2D eigenvalue weighted by Gasteiger charge is 2.28. The van der Waals surface area contributed by atoms with E-state index in [0.29, 0.717) is 5.92 Å². The van der Waals surface area contributed by atoms with Crippen molar-refractivity contribution in [3.63, 3.8) is 0 Å². The van der Waals surface area contributed by atoms with Gasteiger partial charge in [-0.3, -0.25) is 0 Å². The van der Waals surface area contributed by atoms with Gasteiger partial charge in [-0.15, -0.1) is 0 Å². The molecule has 0 heteroatoms. The summed E-state index contributed by atoms with van der Waals surface area (Å²) in [6, 6.07) is 24.5. The summed E-state index contributed by atoms with van der Waals surface area (Å²) in [7, 11) is 0. The van der Waals surface area contributed by atoms with Crippen molar-refractivity contribution < 1.29 is 0 Å². The molecule has 0 aromatic heterocycles. The molecular formula is C22H20. The Bertz CT molecular complexity index is 797. The van der Waals surface area contributed by atoms with Gasteiger partial charge >= 0.3 is 0 Å². The second-order valence-corrected chi connectivity index (χ2v) is 6.36. The predicted molar refractivity (Wildman–Crippen MR) is 93.3 cm³/mol. The number of rotatable bonds is 2. The van der Waals surface area contributed by atoms with E-state index in [-0.39, 0.29) is 0 Å². The minimum absolute atomic E-state index is 0.480. The van der Waals surface area contributed by atoms with Gasteiger partial charge in [0.15, 0.2) is 0 Å². The lowest BCUT2D eigenvalue weighted by Gasteiger charge is -2.16. The number of fused-ring (bicyclic) bond motifs is 3. The van der Waals surface area contributed by atoms with Gasteiger partial charge in [0.25, 0.3) is 0 Å². The third kappa shape index (κ3) is 2.07. The van der Waals surface area contributed by atoms with E-state index in [0.717, 1.165) is 6.42 Å². The van der Waals surface area contributed by atoms with E-state index in [2.05, 4.69) is 80.6 Å². The summed E-state index contributed by atoms with van der Waals surface area (Å²) in [6.45, 7) is 4.40. The fourth-order valence-electron chi connectivity index (χ4n) is 3.72. The Morgan fingerprint density at radius 3 is 1.95 bits per heavy atom. The van der Waals surface area contributed by atoms with Gasteiger partial charge < -0.3 is 0 Å². The van der Waals surface area contributed by atoms with Crippen molar-refractivity contribution in [2.45, 2.75) is 26.2 Å². The summed E-state index contributed by atoms with van der Waals surface area (Å²) in [6.07, 6.45) is 1.08. The van der Waals surface area contributed by atoms with Crippen LogP contribution in [0.3, 0.4) is 0 Å². The number of hydrogen-bond acceptors (Lipinski definition) is 0. The van der Waals surface area contributed by atoms with Gasteiger partial charge in [0.05, 0.1) is 0 Å². The first-order valence-electron chi connectivity index (χ1n) is 7.98. The van der Waals surface area contributed by atoms with Crippen LogP contribution < -0.4 is 0 Å². The van der Waals surface area contributed by atoms with Crippen LogP contribution in [-0.2, 0) is 6.42 Å². The molecule has 0 aliphatic heterocycles. The van der Waals surface area contributed by atoms with Crippen LogP contribution in [-0.4, -0.2) is 0 Å². The molecule has 0 fully saturated rings. The molecule has 0 heterocycles. The van der Waals surface area contributed by atoms with E-state index >= 15 is 0 Å². The predicted octanol–water partition coefficient (Wildman–Crippen LogP) is 5.66. The Labute approximate surface area is 132 Å². The monoisotopic (exact) mass is 284 g/mol. The molecule has 0 spiro atoms. The summed E-state index contributed by atoms with van der Waals surface area (Å²) in [5.74, 6) is 0.480. The number of hydrogen-bond donors (Lipinski definition) is 0. The molecule has 1 aliphatic rings.